The highest BCUT2D eigenvalue weighted by molar-refractivity contribution is 14.0. The van der Waals surface area contributed by atoms with Gasteiger partial charge >= 0.3 is 0 Å². The van der Waals surface area contributed by atoms with E-state index in [0.29, 0.717) is 0 Å². The third-order valence-electron chi connectivity index (χ3n) is 5.26. The van der Waals surface area contributed by atoms with Crippen molar-refractivity contribution in [1.29, 1.82) is 0 Å². The fourth-order valence-corrected chi connectivity index (χ4v) is 3.72. The summed E-state index contributed by atoms with van der Waals surface area (Å²) >= 11 is 0. The van der Waals surface area contributed by atoms with Gasteiger partial charge in [0.15, 0.2) is 5.96 Å². The number of nitrogens with zero attached hydrogens (tertiary/aromatic N) is 3. The normalized spacial score (nSPS) is 15.3. The van der Waals surface area contributed by atoms with Crippen LogP contribution in [0, 0.1) is 0 Å². The summed E-state index contributed by atoms with van der Waals surface area (Å²) < 4.78 is 5.44. The second-order valence-electron chi connectivity index (χ2n) is 7.29. The molecule has 6 nitrogen and oxygen atoms in total. The van der Waals surface area contributed by atoms with Gasteiger partial charge in [0.2, 0.25) is 0 Å². The quantitative estimate of drug-likeness (QED) is 0.299. The summed E-state index contributed by atoms with van der Waals surface area (Å²) in [5.74, 6) is 1.76. The standard InChI is InChI=1S/C23H33N5O.HI/c1-3-25-23(26-13-11-19-8-7-12-24-17-19)27-18-22(28-14-4-5-15-28)20-9-6-10-21(16-20)29-2;/h6-10,12,16-17,22H,3-5,11,13-15,18H2,1-2H3,(H2,25,26,27);1H. The Morgan fingerprint density at radius 1 is 1.20 bits per heavy atom. The molecule has 1 atom stereocenters. The van der Waals surface area contributed by atoms with Crippen LogP contribution >= 0.6 is 24.0 Å². The van der Waals surface area contributed by atoms with Gasteiger partial charge in [-0.3, -0.25) is 14.9 Å². The van der Waals surface area contributed by atoms with Crippen LogP contribution in [0.15, 0.2) is 53.8 Å². The van der Waals surface area contributed by atoms with Gasteiger partial charge in [-0.1, -0.05) is 18.2 Å². The number of guanidine groups is 1. The smallest absolute Gasteiger partial charge is 0.191 e. The van der Waals surface area contributed by atoms with E-state index in [9.17, 15) is 0 Å². The van der Waals surface area contributed by atoms with Crippen molar-refractivity contribution >= 4 is 29.9 Å². The number of aliphatic imine (C=N–C) groups is 1. The molecule has 2 N–H and O–H groups in total. The van der Waals surface area contributed by atoms with Crippen LogP contribution in [0.2, 0.25) is 0 Å². The first-order valence-corrected chi connectivity index (χ1v) is 10.6. The van der Waals surface area contributed by atoms with Crippen LogP contribution in [0.25, 0.3) is 0 Å². The minimum absolute atomic E-state index is 0. The number of methoxy groups -OCH3 is 1. The summed E-state index contributed by atoms with van der Waals surface area (Å²) in [6, 6.07) is 12.7. The number of pyridine rings is 1. The number of hydrogen-bond donors (Lipinski definition) is 2. The van der Waals surface area contributed by atoms with Crippen LogP contribution < -0.4 is 15.4 Å². The molecule has 30 heavy (non-hydrogen) atoms. The average Bonchev–Trinajstić information content (AvgIpc) is 3.29. The average molecular weight is 523 g/mol. The van der Waals surface area contributed by atoms with Gasteiger partial charge in [0.1, 0.15) is 5.75 Å². The van der Waals surface area contributed by atoms with Gasteiger partial charge in [-0.2, -0.15) is 0 Å². The first kappa shape index (κ1) is 24.4. The molecule has 0 bridgehead atoms. The maximum Gasteiger partial charge on any atom is 0.191 e. The summed E-state index contributed by atoms with van der Waals surface area (Å²) in [5, 5.41) is 6.83. The van der Waals surface area contributed by atoms with Crippen LogP contribution in [-0.4, -0.2) is 55.7 Å². The second kappa shape index (κ2) is 13.4. The highest BCUT2D eigenvalue weighted by Crippen LogP contribution is 2.27. The first-order valence-electron chi connectivity index (χ1n) is 10.6. The highest BCUT2D eigenvalue weighted by Gasteiger charge is 2.23. The third kappa shape index (κ3) is 7.43. The van der Waals surface area contributed by atoms with Gasteiger partial charge in [-0.05, 0) is 68.6 Å². The largest absolute Gasteiger partial charge is 0.497 e. The zero-order chi connectivity index (χ0) is 20.3. The molecule has 0 radical (unpaired) electrons. The number of rotatable bonds is 9. The van der Waals surface area contributed by atoms with Gasteiger partial charge in [0.25, 0.3) is 0 Å². The first-order chi connectivity index (χ1) is 14.3. The van der Waals surface area contributed by atoms with E-state index in [1.807, 2.05) is 18.3 Å². The number of nitrogens with one attached hydrogen (secondary N) is 2. The summed E-state index contributed by atoms with van der Waals surface area (Å²) in [7, 11) is 1.72. The van der Waals surface area contributed by atoms with E-state index in [2.05, 4.69) is 51.7 Å². The van der Waals surface area contributed by atoms with Gasteiger partial charge in [-0.25, -0.2) is 0 Å². The Kier molecular flexibility index (Phi) is 10.9. The van der Waals surface area contributed by atoms with E-state index >= 15 is 0 Å². The Labute approximate surface area is 197 Å². The Bertz CT molecular complexity index is 765. The van der Waals surface area contributed by atoms with Crippen molar-refractivity contribution < 1.29 is 4.74 Å². The highest BCUT2D eigenvalue weighted by atomic mass is 127. The van der Waals surface area contributed by atoms with Gasteiger partial charge in [0, 0.05) is 25.5 Å². The number of benzene rings is 1. The van der Waals surface area contributed by atoms with Gasteiger partial charge in [-0.15, -0.1) is 24.0 Å². The van der Waals surface area contributed by atoms with Crippen LogP contribution in [0.3, 0.4) is 0 Å². The lowest BCUT2D eigenvalue weighted by Crippen LogP contribution is -2.39. The van der Waals surface area contributed by atoms with Crippen LogP contribution in [0.1, 0.15) is 36.9 Å². The molecule has 1 fully saturated rings. The second-order valence-corrected chi connectivity index (χ2v) is 7.29. The molecule has 0 aliphatic carbocycles. The van der Waals surface area contributed by atoms with Gasteiger partial charge in [0.05, 0.1) is 19.7 Å². The van der Waals surface area contributed by atoms with Crippen molar-refractivity contribution in [3.63, 3.8) is 0 Å². The van der Waals surface area contributed by atoms with Crippen molar-refractivity contribution in [2.24, 2.45) is 4.99 Å². The Hall–Kier alpha value is -1.87. The monoisotopic (exact) mass is 523 g/mol. The van der Waals surface area contributed by atoms with Gasteiger partial charge < -0.3 is 15.4 Å². The molecule has 1 aromatic heterocycles. The maximum atomic E-state index is 5.44. The molecule has 164 valence electrons. The molecule has 1 unspecified atom stereocenters. The van der Waals surface area contributed by atoms with Crippen molar-refractivity contribution in [3.8, 4) is 5.75 Å². The van der Waals surface area contributed by atoms with Crippen molar-refractivity contribution in [1.82, 2.24) is 20.5 Å². The fraction of sp³-hybridized carbons (Fsp3) is 0.478. The zero-order valence-electron chi connectivity index (χ0n) is 18.0. The molecule has 1 aliphatic heterocycles. The van der Waals surface area contributed by atoms with E-state index in [1.165, 1.54) is 24.0 Å². The molecule has 1 aliphatic rings. The number of ether oxygens (including phenoxy) is 1. The lowest BCUT2D eigenvalue weighted by molar-refractivity contribution is 0.251. The zero-order valence-corrected chi connectivity index (χ0v) is 20.3. The van der Waals surface area contributed by atoms with E-state index in [4.69, 9.17) is 9.73 Å². The Morgan fingerprint density at radius 3 is 2.73 bits per heavy atom. The third-order valence-corrected chi connectivity index (χ3v) is 5.26. The predicted molar refractivity (Wildman–Crippen MR) is 134 cm³/mol. The Balaban J connectivity index is 0.00000320. The maximum absolute atomic E-state index is 5.44. The van der Waals surface area contributed by atoms with Crippen LogP contribution in [-0.2, 0) is 6.42 Å². The minimum atomic E-state index is 0. The molecule has 2 aromatic rings. The molecule has 0 spiro atoms. The number of likely N-dealkylation sites (tertiary alicyclic amines) is 1. The number of hydrogen-bond acceptors (Lipinski definition) is 4. The summed E-state index contributed by atoms with van der Waals surface area (Å²) in [6.07, 6.45) is 7.16. The molecular weight excluding hydrogens is 489 g/mol. The lowest BCUT2D eigenvalue weighted by atomic mass is 10.1. The van der Waals surface area contributed by atoms with Crippen molar-refractivity contribution in [3.05, 3.63) is 59.9 Å². The number of halogens is 1. The predicted octanol–water partition coefficient (Wildman–Crippen LogP) is 3.64. The molecule has 3 rings (SSSR count). The molecular formula is C23H34IN5O. The van der Waals surface area contributed by atoms with Crippen LogP contribution in [0.5, 0.6) is 5.75 Å². The SMILES string of the molecule is CCNC(=NCC(c1cccc(OC)c1)N1CCCC1)NCCc1cccnc1.I. The summed E-state index contributed by atoms with van der Waals surface area (Å²) in [6.45, 7) is 6.73. The number of aromatic nitrogens is 1. The molecule has 1 aromatic carbocycles. The van der Waals surface area contributed by atoms with E-state index < -0.39 is 0 Å². The molecule has 1 saturated heterocycles. The van der Waals surface area contributed by atoms with E-state index in [1.54, 1.807) is 13.3 Å². The van der Waals surface area contributed by atoms with Crippen molar-refractivity contribution in [2.45, 2.75) is 32.2 Å². The Morgan fingerprint density at radius 2 is 2.03 bits per heavy atom. The lowest BCUT2D eigenvalue weighted by Gasteiger charge is -2.27. The molecule has 7 heteroatoms. The summed E-state index contributed by atoms with van der Waals surface area (Å²) in [5.41, 5.74) is 2.49. The topological polar surface area (TPSA) is 61.8 Å². The van der Waals surface area contributed by atoms with Crippen LogP contribution in [0.4, 0.5) is 0 Å². The van der Waals surface area contributed by atoms with E-state index in [-0.39, 0.29) is 30.0 Å². The van der Waals surface area contributed by atoms with E-state index in [0.717, 1.165) is 50.9 Å². The molecule has 0 amide bonds. The molecule has 0 saturated carbocycles. The summed E-state index contributed by atoms with van der Waals surface area (Å²) in [4.78, 5) is 11.6. The minimum Gasteiger partial charge on any atom is -0.497 e. The van der Waals surface area contributed by atoms with Crippen molar-refractivity contribution in [2.75, 3.05) is 39.8 Å². The molecule has 2 heterocycles. The fourth-order valence-electron chi connectivity index (χ4n) is 3.72.